The van der Waals surface area contributed by atoms with Crippen molar-refractivity contribution < 1.29 is 24.2 Å². The van der Waals surface area contributed by atoms with E-state index in [1.165, 1.54) is 18.2 Å². The lowest BCUT2D eigenvalue weighted by molar-refractivity contribution is 0.0682. The number of aromatic carboxylic acids is 2. The lowest BCUT2D eigenvalue weighted by Crippen LogP contribution is -2.10. The molecular formula is C27H26N2O5. The molecule has 7 heteroatoms. The Morgan fingerprint density at radius 1 is 0.941 bits per heavy atom. The van der Waals surface area contributed by atoms with Crippen molar-refractivity contribution in [1.29, 1.82) is 0 Å². The number of nitrogens with one attached hydrogen (secondary N) is 1. The van der Waals surface area contributed by atoms with Crippen molar-refractivity contribution in [2.24, 2.45) is 4.99 Å². The molecule has 2 aromatic rings. The fraction of sp³-hybridized carbons (Fsp3) is 0.222. The standard InChI is InChI=1S/C27H26N2O5/c1-5-28-21-12-23-19(9-14(21)3)25(18-11-16(26(30)31)7-8-17(18)27(32)33)20-10-15(4)22(29-6-2)13-24(20)34-23/h7-13,28H,5-6H2,1-4H3,(H,30,31)(H,32,33). The minimum absolute atomic E-state index is 0.0115. The van der Waals surface area contributed by atoms with Crippen LogP contribution in [0, 0.1) is 13.8 Å². The van der Waals surface area contributed by atoms with Crippen LogP contribution in [0.4, 0.5) is 5.69 Å². The number of fused-ring (bicyclic) bond motifs is 2. The molecule has 34 heavy (non-hydrogen) atoms. The van der Waals surface area contributed by atoms with E-state index >= 15 is 0 Å². The molecule has 4 rings (SSSR count). The molecule has 0 atom stereocenters. The summed E-state index contributed by atoms with van der Waals surface area (Å²) in [6.07, 6.45) is 0. The third-order valence-electron chi connectivity index (χ3n) is 5.85. The van der Waals surface area contributed by atoms with Crippen LogP contribution < -0.4 is 10.7 Å². The van der Waals surface area contributed by atoms with Gasteiger partial charge in [-0.05, 0) is 74.7 Å². The van der Waals surface area contributed by atoms with Gasteiger partial charge in [0, 0.05) is 47.4 Å². The Kier molecular flexibility index (Phi) is 6.11. The highest BCUT2D eigenvalue weighted by molar-refractivity contribution is 6.09. The lowest BCUT2D eigenvalue weighted by atomic mass is 9.88. The highest BCUT2D eigenvalue weighted by atomic mass is 16.4. The Labute approximate surface area is 196 Å². The van der Waals surface area contributed by atoms with Crippen LogP contribution in [0.5, 0.6) is 0 Å². The van der Waals surface area contributed by atoms with Crippen molar-refractivity contribution >= 4 is 28.6 Å². The molecular weight excluding hydrogens is 432 g/mol. The minimum atomic E-state index is -1.13. The van der Waals surface area contributed by atoms with Gasteiger partial charge in [0.05, 0.1) is 16.5 Å². The zero-order valence-corrected chi connectivity index (χ0v) is 19.5. The number of carbonyl (C=O) groups is 2. The average molecular weight is 459 g/mol. The summed E-state index contributed by atoms with van der Waals surface area (Å²) in [6.45, 7) is 9.20. The second-order valence-electron chi connectivity index (χ2n) is 8.15. The molecule has 174 valence electrons. The molecule has 0 amide bonds. The molecule has 2 aliphatic rings. The topological polar surface area (TPSA) is 112 Å². The van der Waals surface area contributed by atoms with E-state index in [4.69, 9.17) is 4.42 Å². The van der Waals surface area contributed by atoms with E-state index in [9.17, 15) is 19.8 Å². The Morgan fingerprint density at radius 3 is 2.35 bits per heavy atom. The quantitative estimate of drug-likeness (QED) is 0.326. The van der Waals surface area contributed by atoms with E-state index < -0.39 is 11.9 Å². The number of hydrogen-bond donors (Lipinski definition) is 3. The van der Waals surface area contributed by atoms with Crippen LogP contribution in [0.25, 0.3) is 33.4 Å². The lowest BCUT2D eigenvalue weighted by Gasteiger charge is -2.19. The molecule has 0 fully saturated rings. The van der Waals surface area contributed by atoms with Crippen molar-refractivity contribution in [2.75, 3.05) is 18.4 Å². The van der Waals surface area contributed by atoms with E-state index in [1.54, 1.807) is 0 Å². The van der Waals surface area contributed by atoms with Gasteiger partial charge in [-0.15, -0.1) is 0 Å². The van der Waals surface area contributed by atoms with Gasteiger partial charge in [-0.1, -0.05) is 0 Å². The van der Waals surface area contributed by atoms with Crippen LogP contribution in [0.15, 0.2) is 51.9 Å². The number of aryl methyl sites for hydroxylation is 2. The van der Waals surface area contributed by atoms with Crippen molar-refractivity contribution in [2.45, 2.75) is 27.7 Å². The molecule has 0 saturated heterocycles. The summed E-state index contributed by atoms with van der Waals surface area (Å²) in [5, 5.41) is 24.4. The first-order valence-corrected chi connectivity index (χ1v) is 11.1. The summed E-state index contributed by atoms with van der Waals surface area (Å²) in [4.78, 5) is 28.5. The summed E-state index contributed by atoms with van der Waals surface area (Å²) >= 11 is 0. The van der Waals surface area contributed by atoms with Crippen LogP contribution in [-0.4, -0.2) is 35.2 Å². The Balaban J connectivity index is 2.23. The fourth-order valence-corrected chi connectivity index (χ4v) is 4.27. The van der Waals surface area contributed by atoms with Gasteiger partial charge in [0.2, 0.25) is 0 Å². The maximum atomic E-state index is 12.2. The van der Waals surface area contributed by atoms with Crippen LogP contribution in [0.1, 0.15) is 45.7 Å². The van der Waals surface area contributed by atoms with Gasteiger partial charge in [0.15, 0.2) is 0 Å². The number of benzene rings is 3. The van der Waals surface area contributed by atoms with Gasteiger partial charge in [-0.25, -0.2) is 9.59 Å². The van der Waals surface area contributed by atoms with Crippen LogP contribution in [0.2, 0.25) is 0 Å². The molecule has 3 N–H and O–H groups in total. The van der Waals surface area contributed by atoms with Crippen LogP contribution >= 0.6 is 0 Å². The number of nitrogens with zero attached hydrogens (tertiary/aromatic N) is 1. The van der Waals surface area contributed by atoms with Gasteiger partial charge in [0.1, 0.15) is 11.3 Å². The first-order chi connectivity index (χ1) is 16.2. The molecule has 0 saturated carbocycles. The predicted octanol–water partition coefficient (Wildman–Crippen LogP) is 5.57. The molecule has 0 bridgehead atoms. The number of anilines is 1. The van der Waals surface area contributed by atoms with Gasteiger partial charge < -0.3 is 19.9 Å². The smallest absolute Gasteiger partial charge is 0.336 e. The molecule has 1 aliphatic heterocycles. The van der Waals surface area contributed by atoms with Crippen molar-refractivity contribution in [3.8, 4) is 22.5 Å². The molecule has 1 heterocycles. The minimum Gasteiger partial charge on any atom is -0.478 e. The number of hydrogen-bond acceptors (Lipinski definition) is 5. The molecule has 0 spiro atoms. The van der Waals surface area contributed by atoms with E-state index in [1.807, 2.05) is 52.0 Å². The molecule has 0 unspecified atom stereocenters. The van der Waals surface area contributed by atoms with Crippen molar-refractivity contribution in [3.63, 3.8) is 0 Å². The zero-order chi connectivity index (χ0) is 24.6. The van der Waals surface area contributed by atoms with Gasteiger partial charge in [0.25, 0.3) is 0 Å². The highest BCUT2D eigenvalue weighted by Crippen LogP contribution is 2.43. The van der Waals surface area contributed by atoms with E-state index in [2.05, 4.69) is 10.3 Å². The molecule has 0 aromatic heterocycles. The largest absolute Gasteiger partial charge is 0.478 e. The summed E-state index contributed by atoms with van der Waals surface area (Å²) < 4.78 is 6.31. The summed E-state index contributed by atoms with van der Waals surface area (Å²) in [5.74, 6) is -1.72. The first-order valence-electron chi connectivity index (χ1n) is 11.1. The fourth-order valence-electron chi connectivity index (χ4n) is 4.27. The SMILES string of the molecule is CCN=c1cc2oc3cc(NCC)c(C)cc3c(-c3cc(C(=O)O)ccc3C(=O)O)c-2cc1C. The summed E-state index contributed by atoms with van der Waals surface area (Å²) in [5.41, 5.74) is 5.02. The third kappa shape index (κ3) is 4.01. The Bertz CT molecular complexity index is 1480. The second-order valence-corrected chi connectivity index (χ2v) is 8.15. The van der Waals surface area contributed by atoms with E-state index in [0.717, 1.165) is 28.7 Å². The number of carboxylic acids is 2. The van der Waals surface area contributed by atoms with Crippen molar-refractivity contribution in [1.82, 2.24) is 0 Å². The van der Waals surface area contributed by atoms with E-state index in [0.29, 0.717) is 40.0 Å². The average Bonchev–Trinajstić information content (AvgIpc) is 2.79. The zero-order valence-electron chi connectivity index (χ0n) is 19.5. The first kappa shape index (κ1) is 23.0. The molecule has 1 aliphatic carbocycles. The summed E-state index contributed by atoms with van der Waals surface area (Å²) in [7, 11) is 0. The second kappa shape index (κ2) is 9.02. The maximum absolute atomic E-state index is 12.2. The van der Waals surface area contributed by atoms with Crippen LogP contribution in [-0.2, 0) is 0 Å². The van der Waals surface area contributed by atoms with Crippen LogP contribution in [0.3, 0.4) is 0 Å². The summed E-state index contributed by atoms with van der Waals surface area (Å²) in [6, 6.07) is 11.7. The molecule has 7 nitrogen and oxygen atoms in total. The van der Waals surface area contributed by atoms with Gasteiger partial charge in [-0.2, -0.15) is 0 Å². The third-order valence-corrected chi connectivity index (χ3v) is 5.85. The molecule has 2 aromatic carbocycles. The Hall–Kier alpha value is -4.13. The Morgan fingerprint density at radius 2 is 1.71 bits per heavy atom. The normalized spacial score (nSPS) is 11.8. The number of carboxylic acid groups (broad SMARTS) is 2. The van der Waals surface area contributed by atoms with Gasteiger partial charge in [-0.3, -0.25) is 4.99 Å². The number of rotatable bonds is 6. The van der Waals surface area contributed by atoms with Crippen molar-refractivity contribution in [3.05, 3.63) is 70.1 Å². The van der Waals surface area contributed by atoms with Gasteiger partial charge >= 0.3 is 11.9 Å². The highest BCUT2D eigenvalue weighted by Gasteiger charge is 2.24. The maximum Gasteiger partial charge on any atom is 0.336 e. The molecule has 0 radical (unpaired) electrons. The monoisotopic (exact) mass is 458 g/mol. The predicted molar refractivity (Wildman–Crippen MR) is 132 cm³/mol. The van der Waals surface area contributed by atoms with E-state index in [-0.39, 0.29) is 11.1 Å².